The van der Waals surface area contributed by atoms with E-state index in [1.54, 1.807) is 0 Å². The van der Waals surface area contributed by atoms with Gasteiger partial charge in [0.05, 0.1) is 0 Å². The van der Waals surface area contributed by atoms with Crippen molar-refractivity contribution in [1.82, 2.24) is 0 Å². The molecule has 0 radical (unpaired) electrons. The largest absolute Gasteiger partial charge is 0.528 e. The molecule has 7 nitrogen and oxygen atoms in total. The van der Waals surface area contributed by atoms with Crippen molar-refractivity contribution in [2.24, 2.45) is 0 Å². The summed E-state index contributed by atoms with van der Waals surface area (Å²) >= 11 is 0. The summed E-state index contributed by atoms with van der Waals surface area (Å²) in [5.41, 5.74) is -0.265. The Hall–Kier alpha value is -3.53. The monoisotopic (exact) mass is 412 g/mol. The predicted octanol–water partition coefficient (Wildman–Crippen LogP) is 5.11. The molecule has 7 heteroatoms. The van der Waals surface area contributed by atoms with Crippen LogP contribution in [0.5, 0.6) is 11.5 Å². The molecule has 2 aromatic rings. The van der Waals surface area contributed by atoms with Crippen molar-refractivity contribution in [2.45, 2.75) is 52.4 Å². The molecule has 0 fully saturated rings. The number of ether oxygens (including phenoxy) is 3. The highest BCUT2D eigenvalue weighted by Crippen LogP contribution is 2.33. The van der Waals surface area contributed by atoms with Crippen LogP contribution in [0, 0.1) is 12.0 Å². The summed E-state index contributed by atoms with van der Waals surface area (Å²) in [5.74, 6) is 1.84. The van der Waals surface area contributed by atoms with Crippen molar-refractivity contribution in [1.29, 1.82) is 0 Å². The number of hydrogen-bond donors (Lipinski definition) is 0. The number of benzene rings is 1. The second-order valence-electron chi connectivity index (χ2n) is 6.66. The van der Waals surface area contributed by atoms with Gasteiger partial charge in [-0.15, -0.1) is 0 Å². The maximum absolute atomic E-state index is 12.0. The van der Waals surface area contributed by atoms with Gasteiger partial charge in [-0.1, -0.05) is 45.1 Å². The standard InChI is InChI=1S/C23H24O7/c1-4-5-6-7-8-9-10-13-27-23(26)30-20-15-18-17(11-12-21(24)28-18)14-19(20)29-22(25)16(2)3/h11-12,14-15H,2,4-9H2,1,3H3. The van der Waals surface area contributed by atoms with E-state index >= 15 is 0 Å². The molecule has 0 atom stereocenters. The molecule has 0 spiro atoms. The fourth-order valence-electron chi connectivity index (χ4n) is 2.48. The van der Waals surface area contributed by atoms with Crippen molar-refractivity contribution in [3.8, 4) is 23.5 Å². The van der Waals surface area contributed by atoms with E-state index in [1.165, 1.54) is 44.0 Å². The van der Waals surface area contributed by atoms with Gasteiger partial charge in [0.2, 0.25) is 0 Å². The van der Waals surface area contributed by atoms with Gasteiger partial charge in [0.15, 0.2) is 11.5 Å². The Bertz CT molecular complexity index is 1040. The third kappa shape index (κ3) is 7.13. The van der Waals surface area contributed by atoms with E-state index in [9.17, 15) is 14.4 Å². The first kappa shape index (κ1) is 22.8. The summed E-state index contributed by atoms with van der Waals surface area (Å²) in [6.07, 6.45) is 7.34. The maximum atomic E-state index is 12.0. The number of fused-ring (bicyclic) bond motifs is 1. The van der Waals surface area contributed by atoms with E-state index in [2.05, 4.69) is 25.5 Å². The molecule has 0 amide bonds. The Morgan fingerprint density at radius 2 is 1.80 bits per heavy atom. The van der Waals surface area contributed by atoms with Crippen LogP contribution in [0.4, 0.5) is 4.79 Å². The molecule has 0 N–H and O–H groups in total. The van der Waals surface area contributed by atoms with Crippen molar-refractivity contribution in [3.05, 3.63) is 46.8 Å². The molecule has 0 aliphatic heterocycles. The summed E-state index contributed by atoms with van der Waals surface area (Å²) in [7, 11) is 0. The van der Waals surface area contributed by atoms with Crippen molar-refractivity contribution in [2.75, 3.05) is 0 Å². The highest BCUT2D eigenvalue weighted by molar-refractivity contribution is 5.91. The molecule has 0 saturated heterocycles. The van der Waals surface area contributed by atoms with E-state index in [4.69, 9.17) is 18.6 Å². The predicted molar refractivity (Wildman–Crippen MR) is 111 cm³/mol. The normalized spacial score (nSPS) is 10.1. The Kier molecular flexibility index (Phi) is 8.70. The van der Waals surface area contributed by atoms with Gasteiger partial charge in [-0.3, -0.25) is 0 Å². The Morgan fingerprint density at radius 3 is 2.53 bits per heavy atom. The molecule has 1 aromatic carbocycles. The summed E-state index contributed by atoms with van der Waals surface area (Å²) in [6.45, 7) is 7.14. The van der Waals surface area contributed by atoms with Crippen LogP contribution < -0.4 is 15.1 Å². The smallest absolute Gasteiger partial charge is 0.423 e. The van der Waals surface area contributed by atoms with Gasteiger partial charge in [0.25, 0.3) is 0 Å². The van der Waals surface area contributed by atoms with E-state index in [-0.39, 0.29) is 22.7 Å². The molecule has 30 heavy (non-hydrogen) atoms. The van der Waals surface area contributed by atoms with Gasteiger partial charge >= 0.3 is 17.8 Å². The lowest BCUT2D eigenvalue weighted by Crippen LogP contribution is -2.12. The minimum atomic E-state index is -1.10. The summed E-state index contributed by atoms with van der Waals surface area (Å²) in [5, 5.41) is 0.475. The zero-order chi connectivity index (χ0) is 21.9. The molecule has 1 aromatic heterocycles. The lowest BCUT2D eigenvalue weighted by atomic mass is 10.1. The van der Waals surface area contributed by atoms with E-state index in [0.717, 1.165) is 19.3 Å². The van der Waals surface area contributed by atoms with Crippen LogP contribution in [0.2, 0.25) is 0 Å². The number of carbonyl (C=O) groups is 2. The van der Waals surface area contributed by atoms with E-state index in [0.29, 0.717) is 11.8 Å². The van der Waals surface area contributed by atoms with Crippen LogP contribution in [0.15, 0.2) is 45.6 Å². The summed E-state index contributed by atoms with van der Waals surface area (Å²) in [4.78, 5) is 35.3. The van der Waals surface area contributed by atoms with Crippen LogP contribution in [0.1, 0.15) is 52.4 Å². The highest BCUT2D eigenvalue weighted by atomic mass is 16.7. The van der Waals surface area contributed by atoms with Gasteiger partial charge in [-0.25, -0.2) is 14.4 Å². The zero-order valence-electron chi connectivity index (χ0n) is 17.1. The highest BCUT2D eigenvalue weighted by Gasteiger charge is 2.17. The van der Waals surface area contributed by atoms with Gasteiger partial charge in [0.1, 0.15) is 11.7 Å². The van der Waals surface area contributed by atoms with E-state index < -0.39 is 17.8 Å². The molecular weight excluding hydrogens is 388 g/mol. The fourth-order valence-corrected chi connectivity index (χ4v) is 2.48. The average molecular weight is 412 g/mol. The second-order valence-corrected chi connectivity index (χ2v) is 6.66. The van der Waals surface area contributed by atoms with Crippen LogP contribution in [-0.2, 0) is 9.53 Å². The molecule has 2 rings (SSSR count). The third-order valence-corrected chi connectivity index (χ3v) is 4.04. The summed E-state index contributed by atoms with van der Waals surface area (Å²) < 4.78 is 20.1. The van der Waals surface area contributed by atoms with Crippen LogP contribution >= 0.6 is 0 Å². The van der Waals surface area contributed by atoms with Gasteiger partial charge in [-0.2, -0.15) is 0 Å². The fraction of sp³-hybridized carbons (Fsp3) is 0.348. The lowest BCUT2D eigenvalue weighted by molar-refractivity contribution is -0.130. The zero-order valence-corrected chi connectivity index (χ0v) is 17.1. The molecule has 0 bridgehead atoms. The number of hydrogen-bond acceptors (Lipinski definition) is 7. The molecule has 1 heterocycles. The molecule has 0 aliphatic carbocycles. The Balaban J connectivity index is 2.08. The topological polar surface area (TPSA) is 92.0 Å². The van der Waals surface area contributed by atoms with Gasteiger partial charge in [0, 0.05) is 29.5 Å². The van der Waals surface area contributed by atoms with Crippen LogP contribution in [0.3, 0.4) is 0 Å². The molecule has 158 valence electrons. The minimum Gasteiger partial charge on any atom is -0.423 e. The van der Waals surface area contributed by atoms with Crippen molar-refractivity contribution < 1.29 is 28.2 Å². The average Bonchev–Trinajstić information content (AvgIpc) is 2.70. The maximum Gasteiger partial charge on any atom is 0.528 e. The first-order valence-corrected chi connectivity index (χ1v) is 9.72. The number of rotatable bonds is 8. The number of carbonyl (C=O) groups excluding carboxylic acids is 2. The first-order valence-electron chi connectivity index (χ1n) is 9.72. The number of unbranched alkanes of at least 4 members (excludes halogenated alkanes) is 5. The SMILES string of the molecule is C=C(C)C(=O)Oc1cc2ccc(=O)oc2cc1OC(=O)OC#CCCCCCCC. The summed E-state index contributed by atoms with van der Waals surface area (Å²) in [6, 6.07) is 5.39. The van der Waals surface area contributed by atoms with Crippen LogP contribution in [-0.4, -0.2) is 12.1 Å². The van der Waals surface area contributed by atoms with Gasteiger partial charge in [-0.05, 0) is 25.5 Å². The first-order chi connectivity index (χ1) is 14.4. The van der Waals surface area contributed by atoms with Gasteiger partial charge < -0.3 is 18.6 Å². The molecular formula is C23H24O7. The minimum absolute atomic E-state index is 0.0508. The second kappa shape index (κ2) is 11.5. The molecule has 0 aliphatic rings. The van der Waals surface area contributed by atoms with Crippen molar-refractivity contribution >= 4 is 23.1 Å². The Morgan fingerprint density at radius 1 is 1.07 bits per heavy atom. The van der Waals surface area contributed by atoms with E-state index in [1.807, 2.05) is 0 Å². The third-order valence-electron chi connectivity index (χ3n) is 4.04. The lowest BCUT2D eigenvalue weighted by Gasteiger charge is -2.10. The Labute approximate surface area is 174 Å². The number of esters is 1. The quantitative estimate of drug-likeness (QED) is 0.113. The molecule has 0 saturated carbocycles. The molecule has 0 unspecified atom stereocenters. The van der Waals surface area contributed by atoms with Crippen molar-refractivity contribution in [3.63, 3.8) is 0 Å². The van der Waals surface area contributed by atoms with Crippen LogP contribution in [0.25, 0.3) is 11.0 Å².